The first-order valence-corrected chi connectivity index (χ1v) is 6.72. The van der Waals surface area contributed by atoms with E-state index < -0.39 is 0 Å². The summed E-state index contributed by atoms with van der Waals surface area (Å²) in [6.45, 7) is 0. The molecule has 0 aliphatic carbocycles. The number of rotatable bonds is 5. The molecule has 0 fully saturated rings. The largest absolute Gasteiger partial charge is 0.496 e. The summed E-state index contributed by atoms with van der Waals surface area (Å²) in [4.78, 5) is 0. The highest BCUT2D eigenvalue weighted by atomic mass is 79.9. The topological polar surface area (TPSA) is 134 Å². The molecule has 0 spiro atoms. The van der Waals surface area contributed by atoms with E-state index in [1.54, 1.807) is 26.4 Å². The van der Waals surface area contributed by atoms with Gasteiger partial charge in [-0.05, 0) is 38.4 Å². The molecule has 116 valence electrons. The number of methoxy groups -OCH3 is 2. The van der Waals surface area contributed by atoms with Gasteiger partial charge in [-0.1, -0.05) is 0 Å². The van der Waals surface area contributed by atoms with Crippen molar-refractivity contribution >= 4 is 33.8 Å². The lowest BCUT2D eigenvalue weighted by Crippen LogP contribution is -2.15. The Morgan fingerprint density at radius 3 is 2.59 bits per heavy atom. The van der Waals surface area contributed by atoms with Gasteiger partial charge in [0, 0.05) is 5.56 Å². The molecule has 0 atom stereocenters. The van der Waals surface area contributed by atoms with Crippen molar-refractivity contribution in [1.82, 2.24) is 10.3 Å². The maximum absolute atomic E-state index is 5.69. The summed E-state index contributed by atoms with van der Waals surface area (Å²) in [5, 5.41) is 14.6. The first kappa shape index (κ1) is 15.8. The number of aromatic nitrogens is 2. The van der Waals surface area contributed by atoms with Crippen molar-refractivity contribution in [2.75, 3.05) is 20.0 Å². The van der Waals surface area contributed by atoms with Gasteiger partial charge in [0.05, 0.1) is 24.9 Å². The molecule has 0 amide bonds. The molecule has 1 aromatic heterocycles. The van der Waals surface area contributed by atoms with E-state index in [4.69, 9.17) is 20.9 Å². The van der Waals surface area contributed by atoms with Crippen LogP contribution in [0, 0.1) is 0 Å². The maximum atomic E-state index is 5.69. The number of hydrogen-bond donors (Lipinski definition) is 2. The molecule has 0 radical (unpaired) electrons. The molecule has 2 aromatic rings. The lowest BCUT2D eigenvalue weighted by atomic mass is 10.2. The number of ether oxygens (including phenoxy) is 2. The minimum Gasteiger partial charge on any atom is -0.496 e. The molecule has 10 heteroatoms. The molecule has 4 N–H and O–H groups in total. The van der Waals surface area contributed by atoms with Gasteiger partial charge in [-0.25, -0.2) is 4.63 Å². The van der Waals surface area contributed by atoms with Crippen LogP contribution in [-0.4, -0.2) is 36.6 Å². The van der Waals surface area contributed by atoms with Crippen molar-refractivity contribution in [3.05, 3.63) is 27.9 Å². The zero-order valence-electron chi connectivity index (χ0n) is 11.8. The summed E-state index contributed by atoms with van der Waals surface area (Å²) >= 11 is 3.37. The van der Waals surface area contributed by atoms with Crippen molar-refractivity contribution < 1.29 is 14.1 Å². The zero-order valence-corrected chi connectivity index (χ0v) is 13.4. The van der Waals surface area contributed by atoms with Crippen LogP contribution in [0.4, 0.5) is 5.82 Å². The van der Waals surface area contributed by atoms with Crippen LogP contribution < -0.4 is 20.9 Å². The van der Waals surface area contributed by atoms with Crippen molar-refractivity contribution in [3.8, 4) is 11.5 Å². The van der Waals surface area contributed by atoms with Crippen LogP contribution in [0.15, 0.2) is 31.4 Å². The summed E-state index contributed by atoms with van der Waals surface area (Å²) in [7, 11) is 3.11. The summed E-state index contributed by atoms with van der Waals surface area (Å²) in [5.41, 5.74) is 12.0. The second kappa shape index (κ2) is 6.89. The van der Waals surface area contributed by atoms with Gasteiger partial charge in [-0.2, -0.15) is 5.10 Å². The van der Waals surface area contributed by atoms with Gasteiger partial charge in [0.25, 0.3) is 0 Å². The molecular weight excluding hydrogens is 356 g/mol. The highest BCUT2D eigenvalue weighted by Crippen LogP contribution is 2.31. The minimum atomic E-state index is -0.0157. The average molecular weight is 369 g/mol. The van der Waals surface area contributed by atoms with Crippen LogP contribution in [0.3, 0.4) is 0 Å². The average Bonchev–Trinajstić information content (AvgIpc) is 2.94. The van der Waals surface area contributed by atoms with Gasteiger partial charge >= 0.3 is 0 Å². The Kier molecular flexibility index (Phi) is 4.94. The fourth-order valence-electron chi connectivity index (χ4n) is 1.56. The van der Waals surface area contributed by atoms with Gasteiger partial charge < -0.3 is 20.9 Å². The first-order chi connectivity index (χ1) is 10.6. The minimum absolute atomic E-state index is 0.0157. The monoisotopic (exact) mass is 368 g/mol. The fourth-order valence-corrected chi connectivity index (χ4v) is 2.04. The third-order valence-electron chi connectivity index (χ3n) is 2.62. The molecule has 0 saturated heterocycles. The Hall–Kier alpha value is -2.62. The summed E-state index contributed by atoms with van der Waals surface area (Å²) < 4.78 is 15.7. The lowest BCUT2D eigenvalue weighted by molar-refractivity contribution is 0.308. The van der Waals surface area contributed by atoms with Gasteiger partial charge in [0.2, 0.25) is 0 Å². The number of nitrogen functional groups attached to an aromatic ring is 1. The highest BCUT2D eigenvalue weighted by molar-refractivity contribution is 9.10. The Balaban J connectivity index is 2.28. The third kappa shape index (κ3) is 3.34. The van der Waals surface area contributed by atoms with Crippen LogP contribution in [-0.2, 0) is 0 Å². The van der Waals surface area contributed by atoms with Crippen LogP contribution in [0.1, 0.15) is 11.3 Å². The lowest BCUT2D eigenvalue weighted by Gasteiger charge is -2.08. The van der Waals surface area contributed by atoms with Gasteiger partial charge in [-0.15, -0.1) is 5.10 Å². The molecule has 0 saturated carbocycles. The Labute approximate surface area is 134 Å². The van der Waals surface area contributed by atoms with E-state index in [2.05, 4.69) is 41.1 Å². The Bertz CT molecular complexity index is 728. The molecule has 1 heterocycles. The second-order valence-electron chi connectivity index (χ2n) is 3.96. The molecule has 9 nitrogen and oxygen atoms in total. The molecule has 1 aromatic carbocycles. The zero-order chi connectivity index (χ0) is 16.1. The van der Waals surface area contributed by atoms with E-state index >= 15 is 0 Å². The van der Waals surface area contributed by atoms with Gasteiger partial charge in [-0.3, -0.25) is 0 Å². The molecule has 0 aliphatic heterocycles. The predicted octanol–water partition coefficient (Wildman–Crippen LogP) is 1.17. The SMILES string of the molecule is COc1cc(/C=N\N=C(/N)c2nonc2N)c(OC)cc1Br. The predicted molar refractivity (Wildman–Crippen MR) is 84.3 cm³/mol. The highest BCUT2D eigenvalue weighted by Gasteiger charge is 2.10. The third-order valence-corrected chi connectivity index (χ3v) is 3.24. The molecule has 0 bridgehead atoms. The number of nitrogens with two attached hydrogens (primary N) is 2. The number of anilines is 1. The van der Waals surface area contributed by atoms with Crippen molar-refractivity contribution in [2.45, 2.75) is 0 Å². The van der Waals surface area contributed by atoms with Crippen molar-refractivity contribution in [2.24, 2.45) is 15.9 Å². The standard InChI is InChI=1S/C12H13BrN6O3/c1-20-8-4-7(13)9(21-2)3-6(8)5-16-17-11(14)10-12(15)19-22-18-10/h3-5H,1-2H3,(H2,14,17)(H2,15,19)/b16-5-. The van der Waals surface area contributed by atoms with E-state index in [9.17, 15) is 0 Å². The normalized spacial score (nSPS) is 11.9. The Morgan fingerprint density at radius 2 is 2.00 bits per heavy atom. The fraction of sp³-hybridized carbons (Fsp3) is 0.167. The van der Waals surface area contributed by atoms with E-state index in [1.807, 2.05) is 0 Å². The second-order valence-corrected chi connectivity index (χ2v) is 4.81. The van der Waals surface area contributed by atoms with Gasteiger partial charge in [0.1, 0.15) is 11.5 Å². The van der Waals surface area contributed by atoms with Crippen molar-refractivity contribution in [3.63, 3.8) is 0 Å². The summed E-state index contributed by atoms with van der Waals surface area (Å²) in [6.07, 6.45) is 1.46. The number of nitrogens with zero attached hydrogens (tertiary/aromatic N) is 4. The number of hydrogen-bond acceptors (Lipinski definition) is 8. The first-order valence-electron chi connectivity index (χ1n) is 5.93. The van der Waals surface area contributed by atoms with Crippen LogP contribution in [0.5, 0.6) is 11.5 Å². The van der Waals surface area contributed by atoms with E-state index in [1.165, 1.54) is 6.21 Å². The molecule has 2 rings (SSSR count). The molecule has 0 aliphatic rings. The van der Waals surface area contributed by atoms with Gasteiger partial charge in [0.15, 0.2) is 17.3 Å². The van der Waals surface area contributed by atoms with Crippen molar-refractivity contribution in [1.29, 1.82) is 0 Å². The summed E-state index contributed by atoms with van der Waals surface area (Å²) in [5.74, 6) is 1.24. The van der Waals surface area contributed by atoms with E-state index in [0.717, 1.165) is 4.47 Å². The number of amidine groups is 1. The van der Waals surface area contributed by atoms with E-state index in [0.29, 0.717) is 17.1 Å². The van der Waals surface area contributed by atoms with Crippen LogP contribution in [0.25, 0.3) is 0 Å². The Morgan fingerprint density at radius 1 is 1.27 bits per heavy atom. The number of halogens is 1. The quantitative estimate of drug-likeness (QED) is 0.459. The smallest absolute Gasteiger partial charge is 0.199 e. The maximum Gasteiger partial charge on any atom is 0.199 e. The molecular formula is C12H13BrN6O3. The molecule has 22 heavy (non-hydrogen) atoms. The molecule has 0 unspecified atom stereocenters. The van der Waals surface area contributed by atoms with Crippen LogP contribution in [0.2, 0.25) is 0 Å². The number of benzene rings is 1. The summed E-state index contributed by atoms with van der Waals surface area (Å²) in [6, 6.07) is 3.50. The van der Waals surface area contributed by atoms with E-state index in [-0.39, 0.29) is 17.3 Å². The van der Waals surface area contributed by atoms with Crippen LogP contribution >= 0.6 is 15.9 Å².